The lowest BCUT2D eigenvalue weighted by molar-refractivity contribution is 1.12. The van der Waals surface area contributed by atoms with Gasteiger partial charge in [0.15, 0.2) is 0 Å². The molecule has 1 aromatic carbocycles. The Morgan fingerprint density at radius 3 is 2.64 bits per heavy atom. The summed E-state index contributed by atoms with van der Waals surface area (Å²) in [4.78, 5) is 0. The fourth-order valence-electron chi connectivity index (χ4n) is 1.15. The summed E-state index contributed by atoms with van der Waals surface area (Å²) >= 11 is 3.51. The molecule has 0 aliphatic heterocycles. The van der Waals surface area contributed by atoms with E-state index >= 15 is 0 Å². The summed E-state index contributed by atoms with van der Waals surface area (Å²) in [7, 11) is 1.95. The van der Waals surface area contributed by atoms with Crippen LogP contribution in [0.3, 0.4) is 0 Å². The minimum Gasteiger partial charge on any atom is -0.388 e. The minimum atomic E-state index is 1.05. The molecule has 60 valence electrons. The summed E-state index contributed by atoms with van der Waals surface area (Å²) in [6.45, 7) is 2.15. The number of rotatable bonds is 2. The minimum absolute atomic E-state index is 1.05. The maximum absolute atomic E-state index is 3.51. The van der Waals surface area contributed by atoms with E-state index in [-0.39, 0.29) is 0 Å². The fraction of sp³-hybridized carbons (Fsp3) is 0.333. The van der Waals surface area contributed by atoms with Gasteiger partial charge in [-0.2, -0.15) is 0 Å². The Kier molecular flexibility index (Phi) is 2.94. The normalized spacial score (nSPS) is 9.73. The van der Waals surface area contributed by atoms with Gasteiger partial charge in [-0.15, -0.1) is 0 Å². The van der Waals surface area contributed by atoms with E-state index in [0.717, 1.165) is 6.42 Å². The molecule has 0 aromatic heterocycles. The first-order chi connectivity index (χ1) is 5.29. The van der Waals surface area contributed by atoms with E-state index in [1.54, 1.807) is 0 Å². The van der Waals surface area contributed by atoms with Crippen LogP contribution < -0.4 is 5.32 Å². The van der Waals surface area contributed by atoms with Crippen LogP contribution in [0.25, 0.3) is 0 Å². The second kappa shape index (κ2) is 3.77. The van der Waals surface area contributed by atoms with E-state index in [4.69, 9.17) is 0 Å². The van der Waals surface area contributed by atoms with Crippen LogP contribution in [0, 0.1) is 0 Å². The highest BCUT2D eigenvalue weighted by Crippen LogP contribution is 2.24. The second-order valence-electron chi connectivity index (χ2n) is 2.37. The van der Waals surface area contributed by atoms with Crippen molar-refractivity contribution in [3.8, 4) is 0 Å². The molecule has 0 saturated carbocycles. The SMILES string of the molecule is CCc1c(Br)cccc1NC. The molecule has 0 aliphatic carbocycles. The molecular weight excluding hydrogens is 202 g/mol. The average Bonchev–Trinajstić information content (AvgIpc) is 2.04. The Bertz CT molecular complexity index is 245. The van der Waals surface area contributed by atoms with Gasteiger partial charge in [0.25, 0.3) is 0 Å². The van der Waals surface area contributed by atoms with Crippen molar-refractivity contribution in [1.82, 2.24) is 0 Å². The fourth-order valence-corrected chi connectivity index (χ4v) is 1.80. The third-order valence-electron chi connectivity index (χ3n) is 1.74. The molecule has 0 saturated heterocycles. The first kappa shape index (κ1) is 8.60. The standard InChI is InChI=1S/C9H12BrN/c1-3-7-8(10)5-4-6-9(7)11-2/h4-6,11H,3H2,1-2H3. The van der Waals surface area contributed by atoms with Gasteiger partial charge in [0.1, 0.15) is 0 Å². The number of anilines is 1. The van der Waals surface area contributed by atoms with Gasteiger partial charge in [0.05, 0.1) is 0 Å². The van der Waals surface area contributed by atoms with Gasteiger partial charge in [0.2, 0.25) is 0 Å². The van der Waals surface area contributed by atoms with Gasteiger partial charge < -0.3 is 5.32 Å². The van der Waals surface area contributed by atoms with Gasteiger partial charge in [-0.25, -0.2) is 0 Å². The summed E-state index contributed by atoms with van der Waals surface area (Å²) in [6, 6.07) is 6.19. The average molecular weight is 214 g/mol. The predicted octanol–water partition coefficient (Wildman–Crippen LogP) is 3.05. The van der Waals surface area contributed by atoms with E-state index in [9.17, 15) is 0 Å². The summed E-state index contributed by atoms with van der Waals surface area (Å²) < 4.78 is 1.19. The van der Waals surface area contributed by atoms with Gasteiger partial charge in [-0.1, -0.05) is 28.9 Å². The van der Waals surface area contributed by atoms with Gasteiger partial charge in [0, 0.05) is 17.2 Å². The molecule has 0 bridgehead atoms. The number of hydrogen-bond acceptors (Lipinski definition) is 1. The second-order valence-corrected chi connectivity index (χ2v) is 3.22. The summed E-state index contributed by atoms with van der Waals surface area (Å²) in [5.74, 6) is 0. The lowest BCUT2D eigenvalue weighted by atomic mass is 10.1. The molecule has 1 aromatic rings. The Hall–Kier alpha value is -0.500. The van der Waals surface area contributed by atoms with Crippen LogP contribution in [-0.2, 0) is 6.42 Å². The smallest absolute Gasteiger partial charge is 0.0381 e. The quantitative estimate of drug-likeness (QED) is 0.797. The molecule has 0 atom stereocenters. The van der Waals surface area contributed by atoms with Crippen LogP contribution in [-0.4, -0.2) is 7.05 Å². The number of benzene rings is 1. The third kappa shape index (κ3) is 1.74. The van der Waals surface area contributed by atoms with Crippen molar-refractivity contribution in [3.05, 3.63) is 28.2 Å². The molecule has 0 unspecified atom stereocenters. The molecule has 11 heavy (non-hydrogen) atoms. The van der Waals surface area contributed by atoms with Gasteiger partial charge in [-0.3, -0.25) is 0 Å². The lowest BCUT2D eigenvalue weighted by Gasteiger charge is -2.08. The highest BCUT2D eigenvalue weighted by molar-refractivity contribution is 9.10. The lowest BCUT2D eigenvalue weighted by Crippen LogP contribution is -1.94. The summed E-state index contributed by atoms with van der Waals surface area (Å²) in [6.07, 6.45) is 1.05. The topological polar surface area (TPSA) is 12.0 Å². The van der Waals surface area contributed by atoms with E-state index in [1.807, 2.05) is 13.1 Å². The zero-order valence-corrected chi connectivity index (χ0v) is 8.40. The van der Waals surface area contributed by atoms with Gasteiger partial charge in [-0.05, 0) is 24.1 Å². The highest BCUT2D eigenvalue weighted by Gasteiger charge is 2.00. The first-order valence-corrected chi connectivity index (χ1v) is 4.54. The molecule has 0 aliphatic rings. The van der Waals surface area contributed by atoms with Crippen molar-refractivity contribution in [3.63, 3.8) is 0 Å². The Balaban J connectivity index is 3.13. The van der Waals surface area contributed by atoms with Crippen LogP contribution in [0.15, 0.2) is 22.7 Å². The number of hydrogen-bond donors (Lipinski definition) is 1. The zero-order valence-electron chi connectivity index (χ0n) is 6.82. The van der Waals surface area contributed by atoms with Crippen molar-refractivity contribution < 1.29 is 0 Å². The highest BCUT2D eigenvalue weighted by atomic mass is 79.9. The molecule has 0 fully saturated rings. The van der Waals surface area contributed by atoms with Gasteiger partial charge >= 0.3 is 0 Å². The zero-order chi connectivity index (χ0) is 8.27. The monoisotopic (exact) mass is 213 g/mol. The maximum Gasteiger partial charge on any atom is 0.0381 e. The maximum atomic E-state index is 3.51. The van der Waals surface area contributed by atoms with Crippen molar-refractivity contribution >= 4 is 21.6 Å². The Labute approximate surface area is 75.9 Å². The molecule has 1 N–H and O–H groups in total. The van der Waals surface area contributed by atoms with Crippen LogP contribution >= 0.6 is 15.9 Å². The molecule has 0 amide bonds. The summed E-state index contributed by atoms with van der Waals surface area (Å²) in [5, 5.41) is 3.16. The molecule has 1 rings (SSSR count). The number of nitrogens with one attached hydrogen (secondary N) is 1. The van der Waals surface area contributed by atoms with E-state index in [2.05, 4.69) is 40.3 Å². The predicted molar refractivity (Wildman–Crippen MR) is 53.1 cm³/mol. The summed E-state index contributed by atoms with van der Waals surface area (Å²) in [5.41, 5.74) is 2.55. The van der Waals surface area contributed by atoms with E-state index in [0.29, 0.717) is 0 Å². The van der Waals surface area contributed by atoms with E-state index in [1.165, 1.54) is 15.7 Å². The molecule has 1 nitrogen and oxygen atoms in total. The molecule has 0 radical (unpaired) electrons. The molecule has 0 spiro atoms. The molecule has 0 heterocycles. The van der Waals surface area contributed by atoms with Crippen molar-refractivity contribution in [2.24, 2.45) is 0 Å². The third-order valence-corrected chi connectivity index (χ3v) is 2.48. The Morgan fingerprint density at radius 1 is 1.45 bits per heavy atom. The van der Waals surface area contributed by atoms with Crippen molar-refractivity contribution in [2.75, 3.05) is 12.4 Å². The Morgan fingerprint density at radius 2 is 2.18 bits per heavy atom. The van der Waals surface area contributed by atoms with Crippen LogP contribution in [0.2, 0.25) is 0 Å². The van der Waals surface area contributed by atoms with Crippen LogP contribution in [0.5, 0.6) is 0 Å². The largest absolute Gasteiger partial charge is 0.388 e. The molecular formula is C9H12BrN. The molecule has 2 heteroatoms. The first-order valence-electron chi connectivity index (χ1n) is 3.74. The van der Waals surface area contributed by atoms with Crippen LogP contribution in [0.1, 0.15) is 12.5 Å². The van der Waals surface area contributed by atoms with Crippen LogP contribution in [0.4, 0.5) is 5.69 Å². The van der Waals surface area contributed by atoms with Crippen molar-refractivity contribution in [1.29, 1.82) is 0 Å². The number of halogens is 1. The van der Waals surface area contributed by atoms with Crippen molar-refractivity contribution in [2.45, 2.75) is 13.3 Å². The van der Waals surface area contributed by atoms with E-state index < -0.39 is 0 Å².